The molecule has 10 heteroatoms. The molecule has 1 aliphatic carbocycles. The van der Waals surface area contributed by atoms with E-state index in [9.17, 15) is 18.0 Å². The van der Waals surface area contributed by atoms with Crippen molar-refractivity contribution in [1.82, 2.24) is 15.1 Å². The summed E-state index contributed by atoms with van der Waals surface area (Å²) in [5.41, 5.74) is -0.194. The summed E-state index contributed by atoms with van der Waals surface area (Å²) < 4.78 is 46.9. The van der Waals surface area contributed by atoms with Gasteiger partial charge in [0.15, 0.2) is 11.7 Å². The van der Waals surface area contributed by atoms with Crippen molar-refractivity contribution in [3.05, 3.63) is 34.9 Å². The van der Waals surface area contributed by atoms with E-state index >= 15 is 0 Å². The van der Waals surface area contributed by atoms with Crippen molar-refractivity contribution in [2.45, 2.75) is 56.4 Å². The number of nitrogens with zero attached hydrogens (tertiary/aromatic N) is 2. The molecule has 1 amide bonds. The summed E-state index contributed by atoms with van der Waals surface area (Å²) in [6.07, 6.45) is 0.263. The molecule has 0 spiro atoms. The monoisotopic (exact) mass is 402 g/mol. The standard InChI is InChI=1S/C17H18ClF3N4O2/c18-13-14(16(26)22-9-4-1-2-5-9)24-25-12(17(19,20)21)8-10(23-15(13)25)11-6-3-7-27-11/h3,6-7,9-10,12,23H,1-2,4-5,8H2,(H,22,26)/t10-,12+/m0/s1. The molecule has 2 aromatic rings. The molecule has 1 saturated carbocycles. The van der Waals surface area contributed by atoms with Crippen LogP contribution in [-0.2, 0) is 0 Å². The molecule has 3 heterocycles. The van der Waals surface area contributed by atoms with Crippen molar-refractivity contribution in [2.75, 3.05) is 5.32 Å². The Morgan fingerprint density at radius 1 is 1.37 bits per heavy atom. The number of nitrogens with one attached hydrogen (secondary N) is 2. The van der Waals surface area contributed by atoms with Crippen LogP contribution < -0.4 is 10.6 Å². The lowest BCUT2D eigenvalue weighted by Gasteiger charge is -2.32. The highest BCUT2D eigenvalue weighted by molar-refractivity contribution is 6.36. The average Bonchev–Trinajstić information content (AvgIpc) is 3.35. The molecule has 2 aliphatic rings. The van der Waals surface area contributed by atoms with Crippen molar-refractivity contribution in [3.8, 4) is 0 Å². The van der Waals surface area contributed by atoms with Gasteiger partial charge >= 0.3 is 6.18 Å². The van der Waals surface area contributed by atoms with Gasteiger partial charge in [-0.1, -0.05) is 24.4 Å². The van der Waals surface area contributed by atoms with Crippen LogP contribution >= 0.6 is 11.6 Å². The van der Waals surface area contributed by atoms with E-state index in [1.807, 2.05) is 0 Å². The third-order valence-corrected chi connectivity index (χ3v) is 5.45. The van der Waals surface area contributed by atoms with Gasteiger partial charge in [0.2, 0.25) is 0 Å². The maximum absolute atomic E-state index is 13.6. The van der Waals surface area contributed by atoms with Gasteiger partial charge in [-0.15, -0.1) is 0 Å². The molecule has 1 aliphatic heterocycles. The molecule has 2 N–H and O–H groups in total. The van der Waals surface area contributed by atoms with Crippen LogP contribution in [0.15, 0.2) is 22.8 Å². The summed E-state index contributed by atoms with van der Waals surface area (Å²) in [6.45, 7) is 0. The molecular weight excluding hydrogens is 385 g/mol. The third-order valence-electron chi connectivity index (χ3n) is 5.09. The van der Waals surface area contributed by atoms with Crippen LogP contribution in [-0.4, -0.2) is 27.9 Å². The number of amides is 1. The number of furan rings is 1. The number of anilines is 1. The van der Waals surface area contributed by atoms with Crippen LogP contribution in [0.3, 0.4) is 0 Å². The number of carbonyl (C=O) groups is 1. The smallest absolute Gasteiger partial charge is 0.410 e. The van der Waals surface area contributed by atoms with Crippen LogP contribution in [0.2, 0.25) is 5.02 Å². The molecule has 0 saturated heterocycles. The molecule has 2 atom stereocenters. The summed E-state index contributed by atoms with van der Waals surface area (Å²) in [6, 6.07) is 0.578. The Labute approximate surface area is 158 Å². The van der Waals surface area contributed by atoms with E-state index in [0.717, 1.165) is 30.4 Å². The van der Waals surface area contributed by atoms with E-state index in [1.54, 1.807) is 12.1 Å². The van der Waals surface area contributed by atoms with Gasteiger partial charge < -0.3 is 15.1 Å². The van der Waals surface area contributed by atoms with Crippen LogP contribution in [0.5, 0.6) is 0 Å². The first-order valence-electron chi connectivity index (χ1n) is 8.80. The van der Waals surface area contributed by atoms with Crippen LogP contribution in [0.1, 0.15) is 60.4 Å². The van der Waals surface area contributed by atoms with Gasteiger partial charge in [-0.05, 0) is 25.0 Å². The van der Waals surface area contributed by atoms with Crippen molar-refractivity contribution < 1.29 is 22.4 Å². The van der Waals surface area contributed by atoms with E-state index in [4.69, 9.17) is 16.0 Å². The lowest BCUT2D eigenvalue weighted by molar-refractivity contribution is -0.174. The maximum atomic E-state index is 13.6. The molecule has 2 aromatic heterocycles. The van der Waals surface area contributed by atoms with Gasteiger partial charge in [-0.25, -0.2) is 4.68 Å². The Hall–Kier alpha value is -2.16. The molecule has 0 radical (unpaired) electrons. The van der Waals surface area contributed by atoms with Gasteiger partial charge in [0.1, 0.15) is 16.6 Å². The number of fused-ring (bicyclic) bond motifs is 1. The van der Waals surface area contributed by atoms with E-state index in [-0.39, 0.29) is 29.0 Å². The number of rotatable bonds is 3. The zero-order valence-corrected chi connectivity index (χ0v) is 15.0. The van der Waals surface area contributed by atoms with Crippen molar-refractivity contribution in [1.29, 1.82) is 0 Å². The van der Waals surface area contributed by atoms with Gasteiger partial charge in [0, 0.05) is 12.5 Å². The molecule has 4 rings (SSSR count). The maximum Gasteiger partial charge on any atom is 0.410 e. The summed E-state index contributed by atoms with van der Waals surface area (Å²) in [5, 5.41) is 9.54. The average molecular weight is 403 g/mol. The highest BCUT2D eigenvalue weighted by Crippen LogP contribution is 2.46. The minimum atomic E-state index is -4.55. The number of halogens is 4. The first-order chi connectivity index (χ1) is 12.8. The van der Waals surface area contributed by atoms with Gasteiger partial charge in [-0.3, -0.25) is 4.79 Å². The zero-order chi connectivity index (χ0) is 19.2. The molecule has 0 aromatic carbocycles. The topological polar surface area (TPSA) is 72.1 Å². The number of alkyl halides is 3. The quantitative estimate of drug-likeness (QED) is 0.795. The first-order valence-corrected chi connectivity index (χ1v) is 9.18. The van der Waals surface area contributed by atoms with Crippen LogP contribution in [0, 0.1) is 0 Å². The first kappa shape index (κ1) is 18.2. The fraction of sp³-hybridized carbons (Fsp3) is 0.529. The summed E-state index contributed by atoms with van der Waals surface area (Å²) >= 11 is 6.26. The molecule has 0 unspecified atom stereocenters. The fourth-order valence-electron chi connectivity index (χ4n) is 3.73. The second kappa shape index (κ2) is 6.78. The fourth-order valence-corrected chi connectivity index (χ4v) is 4.00. The molecule has 6 nitrogen and oxygen atoms in total. The molecule has 1 fully saturated rings. The molecule has 146 valence electrons. The van der Waals surface area contributed by atoms with Gasteiger partial charge in [-0.2, -0.15) is 18.3 Å². The zero-order valence-electron chi connectivity index (χ0n) is 14.2. The Balaban J connectivity index is 1.67. The summed E-state index contributed by atoms with van der Waals surface area (Å²) in [4.78, 5) is 12.5. The van der Waals surface area contributed by atoms with Gasteiger partial charge in [0.05, 0.1) is 12.3 Å². The number of hydrogen-bond acceptors (Lipinski definition) is 4. The van der Waals surface area contributed by atoms with Crippen molar-refractivity contribution in [3.63, 3.8) is 0 Å². The number of carbonyl (C=O) groups excluding carboxylic acids is 1. The predicted molar refractivity (Wildman–Crippen MR) is 91.7 cm³/mol. The highest BCUT2D eigenvalue weighted by Gasteiger charge is 2.48. The van der Waals surface area contributed by atoms with E-state index in [1.165, 1.54) is 6.26 Å². The van der Waals surface area contributed by atoms with Crippen molar-refractivity contribution in [2.24, 2.45) is 0 Å². The second-order valence-electron chi connectivity index (χ2n) is 6.92. The number of hydrogen-bond donors (Lipinski definition) is 2. The predicted octanol–water partition coefficient (Wildman–Crippen LogP) is 4.46. The van der Waals surface area contributed by atoms with E-state index < -0.39 is 24.2 Å². The molecular formula is C17H18ClF3N4O2. The largest absolute Gasteiger partial charge is 0.467 e. The third kappa shape index (κ3) is 3.40. The van der Waals surface area contributed by atoms with E-state index in [0.29, 0.717) is 5.76 Å². The van der Waals surface area contributed by atoms with Gasteiger partial charge in [0.25, 0.3) is 5.91 Å². The summed E-state index contributed by atoms with van der Waals surface area (Å²) in [7, 11) is 0. The minimum Gasteiger partial charge on any atom is -0.467 e. The summed E-state index contributed by atoms with van der Waals surface area (Å²) in [5.74, 6) is -0.209. The molecule has 27 heavy (non-hydrogen) atoms. The van der Waals surface area contributed by atoms with Crippen LogP contribution in [0.25, 0.3) is 0 Å². The second-order valence-corrected chi connectivity index (χ2v) is 7.29. The Morgan fingerprint density at radius 2 is 2.11 bits per heavy atom. The SMILES string of the molecule is O=C(NC1CCCC1)c1nn2c(c1Cl)N[C@H](c1ccco1)C[C@@H]2C(F)(F)F. The number of aromatic nitrogens is 2. The molecule has 0 bridgehead atoms. The van der Waals surface area contributed by atoms with Crippen molar-refractivity contribution >= 4 is 23.3 Å². The van der Waals surface area contributed by atoms with Crippen LogP contribution in [0.4, 0.5) is 19.0 Å². The highest BCUT2D eigenvalue weighted by atomic mass is 35.5. The Bertz CT molecular complexity index is 828. The Morgan fingerprint density at radius 3 is 2.74 bits per heavy atom. The van der Waals surface area contributed by atoms with E-state index in [2.05, 4.69) is 15.7 Å². The normalized spacial score (nSPS) is 23.1. The Kier molecular flexibility index (Phi) is 4.57. The minimum absolute atomic E-state index is 0.00883. The lowest BCUT2D eigenvalue weighted by atomic mass is 10.0. The lowest BCUT2D eigenvalue weighted by Crippen LogP contribution is -2.36.